The van der Waals surface area contributed by atoms with Gasteiger partial charge in [0, 0.05) is 25.4 Å². The van der Waals surface area contributed by atoms with Gasteiger partial charge in [0.05, 0.1) is 0 Å². The summed E-state index contributed by atoms with van der Waals surface area (Å²) < 4.78 is 0. The molecular weight excluding hydrogens is 312 g/mol. The summed E-state index contributed by atoms with van der Waals surface area (Å²) in [6.45, 7) is 2.83. The standard InChI is InChI=1S/C21H34N2O2/c1-2-3-19(24)23-18-7-17(8-18)13-22-20(25)12-21-9-14-4-15(10-21)6-16(5-14)11-21/h14-18H,2-13H2,1H3,(H,22,25)(H,23,24). The Morgan fingerprint density at radius 3 is 2.08 bits per heavy atom. The number of hydrogen-bond acceptors (Lipinski definition) is 2. The van der Waals surface area contributed by atoms with E-state index in [1.807, 2.05) is 6.92 Å². The van der Waals surface area contributed by atoms with Crippen LogP contribution in [0.1, 0.15) is 77.6 Å². The van der Waals surface area contributed by atoms with Crippen LogP contribution in [-0.4, -0.2) is 24.4 Å². The van der Waals surface area contributed by atoms with E-state index in [1.165, 1.54) is 38.5 Å². The molecule has 0 aliphatic heterocycles. The van der Waals surface area contributed by atoms with E-state index in [1.54, 1.807) is 0 Å². The minimum Gasteiger partial charge on any atom is -0.356 e. The van der Waals surface area contributed by atoms with E-state index in [0.717, 1.165) is 50.0 Å². The van der Waals surface area contributed by atoms with Crippen LogP contribution in [0.25, 0.3) is 0 Å². The highest BCUT2D eigenvalue weighted by Crippen LogP contribution is 2.61. The lowest BCUT2D eigenvalue weighted by Gasteiger charge is -2.56. The molecule has 2 N–H and O–H groups in total. The van der Waals surface area contributed by atoms with E-state index in [0.29, 0.717) is 23.8 Å². The first kappa shape index (κ1) is 17.4. The fraction of sp³-hybridized carbons (Fsp3) is 0.905. The molecule has 4 nitrogen and oxygen atoms in total. The fourth-order valence-corrected chi connectivity index (χ4v) is 6.71. The van der Waals surface area contributed by atoms with Crippen LogP contribution in [0.15, 0.2) is 0 Å². The first-order valence-electron chi connectivity index (χ1n) is 10.6. The minimum atomic E-state index is 0.178. The van der Waals surface area contributed by atoms with Gasteiger partial charge in [-0.2, -0.15) is 0 Å². The van der Waals surface area contributed by atoms with E-state index < -0.39 is 0 Å². The van der Waals surface area contributed by atoms with Gasteiger partial charge in [0.1, 0.15) is 0 Å². The van der Waals surface area contributed by atoms with Gasteiger partial charge in [-0.1, -0.05) is 6.92 Å². The maximum absolute atomic E-state index is 12.5. The molecule has 0 aromatic carbocycles. The maximum Gasteiger partial charge on any atom is 0.220 e. The van der Waals surface area contributed by atoms with Crippen LogP contribution in [0.2, 0.25) is 0 Å². The van der Waals surface area contributed by atoms with Crippen molar-refractivity contribution in [2.45, 2.75) is 83.6 Å². The average Bonchev–Trinajstić information content (AvgIpc) is 2.47. The zero-order valence-corrected chi connectivity index (χ0v) is 15.7. The molecule has 5 saturated carbocycles. The van der Waals surface area contributed by atoms with E-state index >= 15 is 0 Å². The second-order valence-electron chi connectivity index (χ2n) is 9.75. The highest BCUT2D eigenvalue weighted by molar-refractivity contribution is 5.77. The Balaban J connectivity index is 1.17. The molecule has 0 aromatic heterocycles. The second kappa shape index (κ2) is 6.92. The molecule has 140 valence electrons. The van der Waals surface area contributed by atoms with E-state index in [-0.39, 0.29) is 11.8 Å². The summed E-state index contributed by atoms with van der Waals surface area (Å²) in [6, 6.07) is 0.337. The van der Waals surface area contributed by atoms with Crippen LogP contribution in [0.3, 0.4) is 0 Å². The predicted molar refractivity (Wildman–Crippen MR) is 97.8 cm³/mol. The Labute approximate surface area is 151 Å². The highest BCUT2D eigenvalue weighted by atomic mass is 16.2. The molecule has 0 atom stereocenters. The molecule has 5 aliphatic rings. The largest absolute Gasteiger partial charge is 0.356 e. The van der Waals surface area contributed by atoms with Crippen molar-refractivity contribution in [1.82, 2.24) is 10.6 Å². The van der Waals surface area contributed by atoms with Crippen LogP contribution in [0.4, 0.5) is 0 Å². The summed E-state index contributed by atoms with van der Waals surface area (Å²) in [7, 11) is 0. The minimum absolute atomic E-state index is 0.178. The van der Waals surface area contributed by atoms with Crippen molar-refractivity contribution < 1.29 is 9.59 Å². The van der Waals surface area contributed by atoms with Gasteiger partial charge < -0.3 is 10.6 Å². The molecule has 0 unspecified atom stereocenters. The number of rotatable bonds is 7. The summed E-state index contributed by atoms with van der Waals surface area (Å²) in [5, 5.41) is 6.29. The van der Waals surface area contributed by atoms with Crippen LogP contribution >= 0.6 is 0 Å². The SMILES string of the molecule is CCCC(=O)NC1CC(CNC(=O)CC23CC4CC(CC(C4)C2)C3)C1. The van der Waals surface area contributed by atoms with Crippen molar-refractivity contribution in [2.75, 3.05) is 6.54 Å². The molecule has 0 heterocycles. The molecule has 0 spiro atoms. The number of carbonyl (C=O) groups excluding carboxylic acids is 2. The summed E-state index contributed by atoms with van der Waals surface area (Å²) in [5.74, 6) is 3.75. The van der Waals surface area contributed by atoms with E-state index in [9.17, 15) is 9.59 Å². The third-order valence-corrected chi connectivity index (χ3v) is 7.37. The summed E-state index contributed by atoms with van der Waals surface area (Å²) in [4.78, 5) is 24.1. The van der Waals surface area contributed by atoms with Gasteiger partial charge in [0.15, 0.2) is 0 Å². The van der Waals surface area contributed by atoms with Crippen LogP contribution < -0.4 is 10.6 Å². The number of hydrogen-bond donors (Lipinski definition) is 2. The van der Waals surface area contributed by atoms with E-state index in [4.69, 9.17) is 0 Å². The number of amides is 2. The van der Waals surface area contributed by atoms with Gasteiger partial charge in [0.25, 0.3) is 0 Å². The van der Waals surface area contributed by atoms with Crippen LogP contribution in [0, 0.1) is 29.1 Å². The molecule has 2 amide bonds. The predicted octanol–water partition coefficient (Wildman–Crippen LogP) is 3.40. The zero-order valence-electron chi connectivity index (χ0n) is 15.7. The first-order chi connectivity index (χ1) is 12.0. The average molecular weight is 347 g/mol. The Hall–Kier alpha value is -1.06. The molecule has 4 heteroatoms. The third kappa shape index (κ3) is 3.88. The molecule has 5 rings (SSSR count). The van der Waals surface area contributed by atoms with Gasteiger partial charge in [-0.05, 0) is 86.9 Å². The smallest absolute Gasteiger partial charge is 0.220 e. The first-order valence-corrected chi connectivity index (χ1v) is 10.6. The monoisotopic (exact) mass is 346 g/mol. The lowest BCUT2D eigenvalue weighted by atomic mass is 9.49. The molecule has 4 bridgehead atoms. The van der Waals surface area contributed by atoms with Crippen molar-refractivity contribution in [2.24, 2.45) is 29.1 Å². The fourth-order valence-electron chi connectivity index (χ4n) is 6.71. The Morgan fingerprint density at radius 1 is 0.920 bits per heavy atom. The molecule has 0 aromatic rings. The van der Waals surface area contributed by atoms with E-state index in [2.05, 4.69) is 10.6 Å². The number of carbonyl (C=O) groups is 2. The van der Waals surface area contributed by atoms with Gasteiger partial charge in [0.2, 0.25) is 11.8 Å². The second-order valence-corrected chi connectivity index (χ2v) is 9.75. The Morgan fingerprint density at radius 2 is 1.52 bits per heavy atom. The maximum atomic E-state index is 12.5. The lowest BCUT2D eigenvalue weighted by molar-refractivity contribution is -0.130. The Kier molecular flexibility index (Phi) is 4.81. The van der Waals surface area contributed by atoms with Crippen LogP contribution in [0.5, 0.6) is 0 Å². The lowest BCUT2D eigenvalue weighted by Crippen LogP contribution is -2.50. The summed E-state index contributed by atoms with van der Waals surface area (Å²) in [6.07, 6.45) is 12.6. The van der Waals surface area contributed by atoms with Crippen molar-refractivity contribution in [3.05, 3.63) is 0 Å². The zero-order chi connectivity index (χ0) is 17.4. The molecule has 0 radical (unpaired) electrons. The van der Waals surface area contributed by atoms with Gasteiger partial charge in [-0.3, -0.25) is 9.59 Å². The normalized spacial score (nSPS) is 41.2. The van der Waals surface area contributed by atoms with Crippen molar-refractivity contribution >= 4 is 11.8 Å². The molecule has 0 saturated heterocycles. The van der Waals surface area contributed by atoms with Gasteiger partial charge in [-0.15, -0.1) is 0 Å². The van der Waals surface area contributed by atoms with Gasteiger partial charge in [-0.25, -0.2) is 0 Å². The Bertz CT molecular complexity index is 489. The molecule has 25 heavy (non-hydrogen) atoms. The third-order valence-electron chi connectivity index (χ3n) is 7.37. The van der Waals surface area contributed by atoms with Gasteiger partial charge >= 0.3 is 0 Å². The highest BCUT2D eigenvalue weighted by Gasteiger charge is 2.51. The van der Waals surface area contributed by atoms with Crippen molar-refractivity contribution in [3.8, 4) is 0 Å². The molecule has 5 fully saturated rings. The molecule has 5 aliphatic carbocycles. The van der Waals surface area contributed by atoms with Crippen molar-refractivity contribution in [1.29, 1.82) is 0 Å². The summed E-state index contributed by atoms with van der Waals surface area (Å²) in [5.41, 5.74) is 0.342. The van der Waals surface area contributed by atoms with Crippen molar-refractivity contribution in [3.63, 3.8) is 0 Å². The molecular formula is C21H34N2O2. The topological polar surface area (TPSA) is 58.2 Å². The van der Waals surface area contributed by atoms with Crippen LogP contribution in [-0.2, 0) is 9.59 Å². The summed E-state index contributed by atoms with van der Waals surface area (Å²) >= 11 is 0. The number of nitrogens with one attached hydrogen (secondary N) is 2. The quantitative estimate of drug-likeness (QED) is 0.742.